The largest absolute Gasteiger partial charge is 0.508 e. The Morgan fingerprint density at radius 2 is 1.93 bits per heavy atom. The smallest absolute Gasteiger partial charge is 0.338 e. The molecule has 0 radical (unpaired) electrons. The third-order valence-electron chi connectivity index (χ3n) is 5.09. The van der Waals surface area contributed by atoms with Gasteiger partial charge in [0.2, 0.25) is 11.4 Å². The van der Waals surface area contributed by atoms with Gasteiger partial charge in [0.25, 0.3) is 5.91 Å². The van der Waals surface area contributed by atoms with Crippen LogP contribution >= 0.6 is 11.8 Å². The molecule has 0 unspecified atom stereocenters. The number of β-lactam (4-membered cyclic amide) rings is 1. The zero-order valence-electron chi connectivity index (χ0n) is 14.6. The molecular formula is C17H19N3O6S. The molecule has 144 valence electrons. The van der Waals surface area contributed by atoms with Crippen molar-refractivity contribution in [2.24, 2.45) is 5.73 Å². The first-order valence-corrected chi connectivity index (χ1v) is 9.00. The number of phenolic OH excluding ortho intramolecular Hbond substituents is 1. The summed E-state index contributed by atoms with van der Waals surface area (Å²) in [4.78, 5) is 49.4. The van der Waals surface area contributed by atoms with Gasteiger partial charge in [0.15, 0.2) is 6.29 Å². The summed E-state index contributed by atoms with van der Waals surface area (Å²) < 4.78 is -1.07. The van der Waals surface area contributed by atoms with Gasteiger partial charge in [-0.3, -0.25) is 14.4 Å². The Morgan fingerprint density at radius 1 is 1.33 bits per heavy atom. The van der Waals surface area contributed by atoms with Crippen LogP contribution in [0.15, 0.2) is 24.3 Å². The molecule has 1 aromatic carbocycles. The van der Waals surface area contributed by atoms with Crippen molar-refractivity contribution in [3.05, 3.63) is 29.8 Å². The number of fused-ring (bicyclic) bond motifs is 1. The van der Waals surface area contributed by atoms with E-state index in [0.717, 1.165) is 16.7 Å². The molecule has 0 aromatic heterocycles. The first-order chi connectivity index (χ1) is 12.6. The first-order valence-electron chi connectivity index (χ1n) is 8.12. The summed E-state index contributed by atoms with van der Waals surface area (Å²) in [5, 5.41) is 20.8. The second kappa shape index (κ2) is 6.24. The molecule has 0 spiro atoms. The van der Waals surface area contributed by atoms with Crippen molar-refractivity contribution in [3.8, 4) is 5.75 Å². The molecule has 2 aliphatic heterocycles. The van der Waals surface area contributed by atoms with E-state index in [1.165, 1.54) is 24.3 Å². The molecule has 2 saturated heterocycles. The van der Waals surface area contributed by atoms with Crippen molar-refractivity contribution in [1.29, 1.82) is 0 Å². The molecule has 2 amide bonds. The number of amides is 2. The highest BCUT2D eigenvalue weighted by Crippen LogP contribution is 2.56. The average Bonchev–Trinajstić information content (AvgIpc) is 2.84. The monoisotopic (exact) mass is 393 g/mol. The molecule has 3 rings (SSSR count). The Bertz CT molecular complexity index is 826. The number of aromatic hydroxyl groups is 1. The van der Waals surface area contributed by atoms with Gasteiger partial charge in [0.05, 0.1) is 4.75 Å². The van der Waals surface area contributed by atoms with Gasteiger partial charge in [-0.1, -0.05) is 12.1 Å². The third kappa shape index (κ3) is 2.59. The standard InChI is InChI=1S/C17H19N3O6S/c1-16(2)17(7-21,15(25)26)20-13(24)11(14(20)27-16)19-12(23)10(18)8-3-5-9(22)6-4-8/h3-7,10-11,14,22H,18H2,1-2H3,(H,19,23)(H,25,26)/t10-,11-,14-,17+/m1/s1. The van der Waals surface area contributed by atoms with Gasteiger partial charge in [-0.05, 0) is 31.5 Å². The van der Waals surface area contributed by atoms with Crippen LogP contribution in [0.5, 0.6) is 5.75 Å². The Kier molecular flexibility index (Phi) is 4.43. The predicted octanol–water partition coefficient (Wildman–Crippen LogP) is -0.407. The molecule has 0 bridgehead atoms. The molecule has 9 nitrogen and oxygen atoms in total. The number of aldehydes is 1. The highest BCUT2D eigenvalue weighted by atomic mass is 32.2. The van der Waals surface area contributed by atoms with Crippen molar-refractivity contribution >= 4 is 35.8 Å². The number of nitrogens with one attached hydrogen (secondary N) is 1. The highest BCUT2D eigenvalue weighted by molar-refractivity contribution is 8.01. The number of carboxylic acid groups (broad SMARTS) is 1. The number of nitrogens with zero attached hydrogens (tertiary/aromatic N) is 1. The average molecular weight is 393 g/mol. The van der Waals surface area contributed by atoms with Crippen molar-refractivity contribution < 1.29 is 29.4 Å². The third-order valence-corrected chi connectivity index (χ3v) is 6.71. The number of thioether (sulfide) groups is 1. The summed E-state index contributed by atoms with van der Waals surface area (Å²) in [6.07, 6.45) is 0.278. The van der Waals surface area contributed by atoms with Crippen LogP contribution in [0.25, 0.3) is 0 Å². The van der Waals surface area contributed by atoms with Crippen LogP contribution in [0.3, 0.4) is 0 Å². The summed E-state index contributed by atoms with van der Waals surface area (Å²) in [6, 6.07) is 3.72. The van der Waals surface area contributed by atoms with Crippen LogP contribution < -0.4 is 11.1 Å². The quantitative estimate of drug-likeness (QED) is 0.300. The van der Waals surface area contributed by atoms with Gasteiger partial charge in [-0.15, -0.1) is 11.8 Å². The fourth-order valence-corrected chi connectivity index (χ4v) is 5.17. The molecular weight excluding hydrogens is 374 g/mol. The summed E-state index contributed by atoms with van der Waals surface area (Å²) in [5.74, 6) is -2.63. The summed E-state index contributed by atoms with van der Waals surface area (Å²) in [6.45, 7) is 3.15. The molecule has 2 aliphatic rings. The van der Waals surface area contributed by atoms with E-state index < -0.39 is 45.5 Å². The second-order valence-corrected chi connectivity index (χ2v) is 8.71. The van der Waals surface area contributed by atoms with E-state index in [1.807, 2.05) is 0 Å². The summed E-state index contributed by atoms with van der Waals surface area (Å²) >= 11 is 1.15. The molecule has 0 aliphatic carbocycles. The molecule has 2 fully saturated rings. The van der Waals surface area contributed by atoms with Gasteiger partial charge in [0.1, 0.15) is 23.2 Å². The van der Waals surface area contributed by atoms with E-state index in [9.17, 15) is 29.4 Å². The molecule has 1 aromatic rings. The van der Waals surface area contributed by atoms with E-state index in [1.54, 1.807) is 13.8 Å². The maximum Gasteiger partial charge on any atom is 0.338 e. The highest BCUT2D eigenvalue weighted by Gasteiger charge is 2.73. The first kappa shape index (κ1) is 19.2. The maximum absolute atomic E-state index is 12.6. The van der Waals surface area contributed by atoms with E-state index in [2.05, 4.69) is 5.32 Å². The minimum Gasteiger partial charge on any atom is -0.508 e. The van der Waals surface area contributed by atoms with Gasteiger partial charge < -0.3 is 26.2 Å². The zero-order valence-corrected chi connectivity index (χ0v) is 15.4. The van der Waals surface area contributed by atoms with E-state index in [-0.39, 0.29) is 12.0 Å². The minimum atomic E-state index is -1.99. The maximum atomic E-state index is 12.6. The number of benzene rings is 1. The lowest BCUT2D eigenvalue weighted by Crippen LogP contribution is -2.76. The minimum absolute atomic E-state index is 0.0274. The van der Waals surface area contributed by atoms with Crippen LogP contribution in [0.2, 0.25) is 0 Å². The Hall–Kier alpha value is -2.59. The number of hydrogen-bond donors (Lipinski definition) is 4. The van der Waals surface area contributed by atoms with Crippen LogP contribution in [-0.2, 0) is 19.2 Å². The Labute approximate surface area is 158 Å². The van der Waals surface area contributed by atoms with Crippen molar-refractivity contribution in [3.63, 3.8) is 0 Å². The number of carboxylic acids is 1. The van der Waals surface area contributed by atoms with E-state index >= 15 is 0 Å². The Balaban J connectivity index is 1.78. The van der Waals surface area contributed by atoms with Crippen LogP contribution in [0.4, 0.5) is 0 Å². The fraction of sp³-hybridized carbons (Fsp3) is 0.412. The lowest BCUT2D eigenvalue weighted by Gasteiger charge is -2.47. The molecule has 10 heteroatoms. The van der Waals surface area contributed by atoms with Crippen molar-refractivity contribution in [2.75, 3.05) is 0 Å². The molecule has 5 N–H and O–H groups in total. The zero-order chi connectivity index (χ0) is 20.1. The molecule has 4 atom stereocenters. The fourth-order valence-electron chi connectivity index (χ4n) is 3.46. The Morgan fingerprint density at radius 3 is 2.44 bits per heavy atom. The van der Waals surface area contributed by atoms with Gasteiger partial charge >= 0.3 is 5.97 Å². The van der Waals surface area contributed by atoms with Gasteiger partial charge in [-0.2, -0.15) is 0 Å². The number of rotatable bonds is 5. The normalized spacial score (nSPS) is 29.4. The number of carbonyl (C=O) groups excluding carboxylic acids is 3. The number of phenols is 1. The predicted molar refractivity (Wildman–Crippen MR) is 95.7 cm³/mol. The summed E-state index contributed by atoms with van der Waals surface area (Å²) in [5.41, 5.74) is 4.36. The van der Waals surface area contributed by atoms with Crippen LogP contribution in [0, 0.1) is 0 Å². The lowest BCUT2D eigenvalue weighted by atomic mass is 9.82. The summed E-state index contributed by atoms with van der Waals surface area (Å²) in [7, 11) is 0. The van der Waals surface area contributed by atoms with E-state index in [4.69, 9.17) is 5.73 Å². The second-order valence-electron chi connectivity index (χ2n) is 6.97. The van der Waals surface area contributed by atoms with Crippen molar-refractivity contribution in [2.45, 2.75) is 41.6 Å². The van der Waals surface area contributed by atoms with Crippen LogP contribution in [0.1, 0.15) is 25.5 Å². The lowest BCUT2D eigenvalue weighted by molar-refractivity contribution is -0.172. The molecule has 0 saturated carbocycles. The SMILES string of the molecule is CC1(C)S[C@@H]2[C@H](NC(=O)[C@H](N)c3ccc(O)cc3)C(=O)N2[C@@]1(C=O)C(=O)O. The van der Waals surface area contributed by atoms with E-state index in [0.29, 0.717) is 5.56 Å². The van der Waals surface area contributed by atoms with Crippen molar-refractivity contribution in [1.82, 2.24) is 10.2 Å². The number of aliphatic carboxylic acids is 1. The number of nitrogens with two attached hydrogens (primary N) is 1. The number of carbonyl (C=O) groups is 4. The van der Waals surface area contributed by atoms with Gasteiger partial charge in [0, 0.05) is 0 Å². The van der Waals surface area contributed by atoms with Crippen LogP contribution in [-0.4, -0.2) is 60.9 Å². The topological polar surface area (TPSA) is 150 Å². The molecule has 2 heterocycles. The molecule has 27 heavy (non-hydrogen) atoms. The van der Waals surface area contributed by atoms with Gasteiger partial charge in [-0.25, -0.2) is 4.79 Å². The number of hydrogen-bond acceptors (Lipinski definition) is 7.